The molecule has 8 heteroatoms. The van der Waals surface area contributed by atoms with Gasteiger partial charge in [0.05, 0.1) is 4.90 Å². The second kappa shape index (κ2) is 7.41. The van der Waals surface area contributed by atoms with E-state index in [0.717, 1.165) is 12.8 Å². The summed E-state index contributed by atoms with van der Waals surface area (Å²) >= 11 is 0. The van der Waals surface area contributed by atoms with Crippen molar-refractivity contribution in [2.75, 3.05) is 18.9 Å². The number of hydrogen-bond acceptors (Lipinski definition) is 4. The maximum atomic E-state index is 12.6. The van der Waals surface area contributed by atoms with Crippen molar-refractivity contribution in [2.45, 2.75) is 30.7 Å². The lowest BCUT2D eigenvalue weighted by molar-refractivity contribution is -0.114. The number of likely N-dealkylation sites (N-methyl/N-ethyl adjacent to an activating group) is 1. The van der Waals surface area contributed by atoms with E-state index in [1.165, 1.54) is 23.4 Å². The number of rotatable bonds is 6. The molecule has 1 aromatic rings. The molecular weight excluding hydrogens is 326 g/mol. The maximum Gasteiger partial charge on any atom is 0.243 e. The topological polar surface area (TPSA) is 92.5 Å². The van der Waals surface area contributed by atoms with Crippen LogP contribution in [-0.4, -0.2) is 38.3 Å². The molecule has 1 atom stereocenters. The summed E-state index contributed by atoms with van der Waals surface area (Å²) in [5, 5.41) is 2.61. The molecule has 0 saturated heterocycles. The van der Waals surface area contributed by atoms with Gasteiger partial charge in [-0.2, -0.15) is 4.31 Å². The number of anilines is 1. The summed E-state index contributed by atoms with van der Waals surface area (Å²) in [5.74, 6) is 0.174. The standard InChI is InChI=1S/C14H21N3O3S.ClH/c1-10(18)16-12-5-7-13(8-6-12)21(19,20)17(2)14(9-15)11-3-4-11;/h5-8,11,14H,3-4,9,15H2,1-2H3,(H,16,18);1H. The van der Waals surface area contributed by atoms with Crippen LogP contribution in [0.4, 0.5) is 5.69 Å². The maximum absolute atomic E-state index is 12.6. The molecule has 3 N–H and O–H groups in total. The Hall–Kier alpha value is -1.15. The Morgan fingerprint density at radius 1 is 1.36 bits per heavy atom. The first-order valence-electron chi connectivity index (χ1n) is 6.92. The van der Waals surface area contributed by atoms with Crippen LogP contribution in [0.15, 0.2) is 29.2 Å². The van der Waals surface area contributed by atoms with E-state index < -0.39 is 10.0 Å². The lowest BCUT2D eigenvalue weighted by Gasteiger charge is -2.26. The molecule has 0 aromatic heterocycles. The van der Waals surface area contributed by atoms with Gasteiger partial charge >= 0.3 is 0 Å². The van der Waals surface area contributed by atoms with Crippen LogP contribution in [-0.2, 0) is 14.8 Å². The van der Waals surface area contributed by atoms with Gasteiger partial charge < -0.3 is 11.1 Å². The zero-order chi connectivity index (χ0) is 15.6. The van der Waals surface area contributed by atoms with E-state index in [0.29, 0.717) is 18.2 Å². The molecule has 0 spiro atoms. The third kappa shape index (κ3) is 4.19. The number of benzene rings is 1. The summed E-state index contributed by atoms with van der Waals surface area (Å²) < 4.78 is 26.5. The van der Waals surface area contributed by atoms with Crippen LogP contribution < -0.4 is 11.1 Å². The van der Waals surface area contributed by atoms with Crippen molar-refractivity contribution in [2.24, 2.45) is 11.7 Å². The first-order valence-corrected chi connectivity index (χ1v) is 8.36. The molecule has 1 unspecified atom stereocenters. The summed E-state index contributed by atoms with van der Waals surface area (Å²) in [5.41, 5.74) is 6.29. The van der Waals surface area contributed by atoms with E-state index >= 15 is 0 Å². The molecule has 1 saturated carbocycles. The Morgan fingerprint density at radius 3 is 2.32 bits per heavy atom. The largest absolute Gasteiger partial charge is 0.329 e. The van der Waals surface area contributed by atoms with Gasteiger partial charge in [0, 0.05) is 32.2 Å². The van der Waals surface area contributed by atoms with E-state index in [-0.39, 0.29) is 29.3 Å². The molecule has 22 heavy (non-hydrogen) atoms. The van der Waals surface area contributed by atoms with E-state index in [2.05, 4.69) is 5.32 Å². The highest BCUT2D eigenvalue weighted by Gasteiger charge is 2.38. The average Bonchev–Trinajstić information content (AvgIpc) is 3.24. The Balaban J connectivity index is 0.00000242. The monoisotopic (exact) mass is 347 g/mol. The number of sulfonamides is 1. The first kappa shape index (κ1) is 18.9. The van der Waals surface area contributed by atoms with Crippen molar-refractivity contribution in [1.29, 1.82) is 0 Å². The van der Waals surface area contributed by atoms with Crippen molar-refractivity contribution >= 4 is 34.0 Å². The molecule has 6 nitrogen and oxygen atoms in total. The predicted octanol–water partition coefficient (Wildman–Crippen LogP) is 1.42. The van der Waals surface area contributed by atoms with Gasteiger partial charge in [-0.3, -0.25) is 4.79 Å². The minimum atomic E-state index is -3.56. The van der Waals surface area contributed by atoms with Gasteiger partial charge in [0.1, 0.15) is 0 Å². The number of nitrogens with zero attached hydrogens (tertiary/aromatic N) is 1. The molecule has 0 bridgehead atoms. The minimum absolute atomic E-state index is 0. The number of carbonyl (C=O) groups is 1. The van der Waals surface area contributed by atoms with E-state index in [4.69, 9.17) is 5.73 Å². The van der Waals surface area contributed by atoms with Crippen LogP contribution in [0.3, 0.4) is 0 Å². The molecule has 124 valence electrons. The Morgan fingerprint density at radius 2 is 1.91 bits per heavy atom. The molecule has 1 aliphatic carbocycles. The minimum Gasteiger partial charge on any atom is -0.329 e. The Kier molecular flexibility index (Phi) is 6.37. The Labute approximate surface area is 137 Å². The van der Waals surface area contributed by atoms with Gasteiger partial charge in [-0.1, -0.05) is 0 Å². The third-order valence-electron chi connectivity index (χ3n) is 3.73. The fourth-order valence-electron chi connectivity index (χ4n) is 2.38. The van der Waals surface area contributed by atoms with Crippen molar-refractivity contribution in [3.8, 4) is 0 Å². The van der Waals surface area contributed by atoms with Gasteiger partial charge in [0.15, 0.2) is 0 Å². The molecule has 2 rings (SSSR count). The summed E-state index contributed by atoms with van der Waals surface area (Å²) in [6.45, 7) is 1.73. The predicted molar refractivity (Wildman–Crippen MR) is 88.5 cm³/mol. The van der Waals surface area contributed by atoms with Crippen LogP contribution in [0.5, 0.6) is 0 Å². The van der Waals surface area contributed by atoms with Crippen molar-refractivity contribution < 1.29 is 13.2 Å². The summed E-state index contributed by atoms with van der Waals surface area (Å²) in [6, 6.07) is 6.01. The number of halogens is 1. The average molecular weight is 348 g/mol. The van der Waals surface area contributed by atoms with E-state index in [1.807, 2.05) is 0 Å². The number of nitrogens with one attached hydrogen (secondary N) is 1. The highest BCUT2D eigenvalue weighted by atomic mass is 35.5. The van der Waals surface area contributed by atoms with E-state index in [9.17, 15) is 13.2 Å². The molecule has 0 aliphatic heterocycles. The third-order valence-corrected chi connectivity index (χ3v) is 5.62. The van der Waals surface area contributed by atoms with Crippen LogP contribution in [0, 0.1) is 5.92 Å². The van der Waals surface area contributed by atoms with Gasteiger partial charge in [-0.25, -0.2) is 8.42 Å². The van der Waals surface area contributed by atoms with Crippen LogP contribution in [0.2, 0.25) is 0 Å². The highest BCUT2D eigenvalue weighted by molar-refractivity contribution is 7.89. The molecule has 0 heterocycles. The first-order chi connectivity index (χ1) is 9.86. The Bertz CT molecular complexity index is 615. The lowest BCUT2D eigenvalue weighted by atomic mass is 10.2. The molecule has 1 aromatic carbocycles. The van der Waals surface area contributed by atoms with Crippen molar-refractivity contribution in [1.82, 2.24) is 4.31 Å². The highest BCUT2D eigenvalue weighted by Crippen LogP contribution is 2.36. The number of carbonyl (C=O) groups excluding carboxylic acids is 1. The van der Waals surface area contributed by atoms with E-state index in [1.54, 1.807) is 19.2 Å². The molecular formula is C14H22ClN3O3S. The SMILES string of the molecule is CC(=O)Nc1ccc(S(=O)(=O)N(C)C(CN)C2CC2)cc1.Cl. The van der Waals surface area contributed by atoms with Gasteiger partial charge in [0.25, 0.3) is 0 Å². The fourth-order valence-corrected chi connectivity index (χ4v) is 3.80. The van der Waals surface area contributed by atoms with Crippen LogP contribution in [0.1, 0.15) is 19.8 Å². The zero-order valence-corrected chi connectivity index (χ0v) is 14.3. The fraction of sp³-hybridized carbons (Fsp3) is 0.500. The lowest BCUT2D eigenvalue weighted by Crippen LogP contribution is -2.43. The van der Waals surface area contributed by atoms with Gasteiger partial charge in [-0.05, 0) is 43.0 Å². The van der Waals surface area contributed by atoms with Gasteiger partial charge in [0.2, 0.25) is 15.9 Å². The molecule has 1 fully saturated rings. The smallest absolute Gasteiger partial charge is 0.243 e. The normalized spacial score (nSPS) is 16.0. The number of hydrogen-bond donors (Lipinski definition) is 2. The van der Waals surface area contributed by atoms with Crippen LogP contribution >= 0.6 is 12.4 Å². The molecule has 0 radical (unpaired) electrons. The summed E-state index contributed by atoms with van der Waals surface area (Å²) in [6.07, 6.45) is 2.06. The quantitative estimate of drug-likeness (QED) is 0.814. The molecule has 1 amide bonds. The zero-order valence-electron chi connectivity index (χ0n) is 12.7. The second-order valence-corrected chi connectivity index (χ2v) is 7.36. The molecule has 1 aliphatic rings. The number of nitrogens with two attached hydrogens (primary N) is 1. The second-order valence-electron chi connectivity index (χ2n) is 5.37. The van der Waals surface area contributed by atoms with Crippen molar-refractivity contribution in [3.05, 3.63) is 24.3 Å². The van der Waals surface area contributed by atoms with Gasteiger partial charge in [-0.15, -0.1) is 12.4 Å². The van der Waals surface area contributed by atoms with Crippen molar-refractivity contribution in [3.63, 3.8) is 0 Å². The summed E-state index contributed by atoms with van der Waals surface area (Å²) in [7, 11) is -1.98. The van der Waals surface area contributed by atoms with Crippen LogP contribution in [0.25, 0.3) is 0 Å². The summed E-state index contributed by atoms with van der Waals surface area (Å²) in [4.78, 5) is 11.2. The number of amides is 1.